The minimum absolute atomic E-state index is 0.244. The summed E-state index contributed by atoms with van der Waals surface area (Å²) in [6.45, 7) is 0.244. The summed E-state index contributed by atoms with van der Waals surface area (Å²) in [4.78, 5) is 0. The van der Waals surface area contributed by atoms with Crippen LogP contribution >= 0.6 is 0 Å². The number of benzene rings is 3. The summed E-state index contributed by atoms with van der Waals surface area (Å²) in [7, 11) is 0. The lowest BCUT2D eigenvalue weighted by molar-refractivity contribution is -0.137. The normalized spacial score (nSPS) is 16.5. The third-order valence-electron chi connectivity index (χ3n) is 5.39. The average Bonchev–Trinajstić information content (AvgIpc) is 2.72. The summed E-state index contributed by atoms with van der Waals surface area (Å²) in [6, 6.07) is 21.8. The fourth-order valence-electron chi connectivity index (χ4n) is 3.78. The molecule has 1 aliphatic carbocycles. The zero-order valence-corrected chi connectivity index (χ0v) is 15.4. The lowest BCUT2D eigenvalue weighted by Gasteiger charge is -2.25. The first-order valence-corrected chi connectivity index (χ1v) is 9.45. The topological polar surface area (TPSA) is 9.23 Å². The smallest absolute Gasteiger partial charge is 0.416 e. The van der Waals surface area contributed by atoms with Gasteiger partial charge in [0, 0.05) is 0 Å². The van der Waals surface area contributed by atoms with Gasteiger partial charge < -0.3 is 4.74 Å². The van der Waals surface area contributed by atoms with Crippen molar-refractivity contribution in [2.24, 2.45) is 0 Å². The molecule has 0 N–H and O–H groups in total. The molecule has 1 unspecified atom stereocenters. The van der Waals surface area contributed by atoms with Crippen LogP contribution in [0.25, 0.3) is 0 Å². The number of halogens is 3. The largest absolute Gasteiger partial charge is 0.489 e. The Bertz CT molecular complexity index is 927. The molecule has 0 aliphatic heterocycles. The van der Waals surface area contributed by atoms with Crippen molar-refractivity contribution in [1.29, 1.82) is 0 Å². The molecule has 4 heteroatoms. The van der Waals surface area contributed by atoms with E-state index in [2.05, 4.69) is 36.4 Å². The van der Waals surface area contributed by atoms with E-state index in [1.54, 1.807) is 0 Å². The second kappa shape index (κ2) is 7.70. The molecule has 4 rings (SSSR count). The predicted molar refractivity (Wildman–Crippen MR) is 103 cm³/mol. The maximum Gasteiger partial charge on any atom is 0.416 e. The Labute approximate surface area is 162 Å². The molecule has 3 aromatic carbocycles. The van der Waals surface area contributed by atoms with Gasteiger partial charge in [-0.05, 0) is 71.7 Å². The first-order valence-electron chi connectivity index (χ1n) is 9.45. The minimum Gasteiger partial charge on any atom is -0.489 e. The molecule has 28 heavy (non-hydrogen) atoms. The molecule has 3 aromatic rings. The van der Waals surface area contributed by atoms with E-state index in [9.17, 15) is 13.2 Å². The molecule has 0 aromatic heterocycles. The van der Waals surface area contributed by atoms with Gasteiger partial charge in [0.2, 0.25) is 0 Å². The van der Waals surface area contributed by atoms with E-state index in [1.165, 1.54) is 28.8 Å². The van der Waals surface area contributed by atoms with Crippen molar-refractivity contribution in [3.8, 4) is 5.75 Å². The van der Waals surface area contributed by atoms with Gasteiger partial charge in [0.15, 0.2) is 0 Å². The van der Waals surface area contributed by atoms with Crippen molar-refractivity contribution in [1.82, 2.24) is 0 Å². The van der Waals surface area contributed by atoms with Crippen molar-refractivity contribution in [2.45, 2.75) is 38.0 Å². The second-order valence-electron chi connectivity index (χ2n) is 7.26. The van der Waals surface area contributed by atoms with Gasteiger partial charge in [0.05, 0.1) is 5.56 Å². The van der Waals surface area contributed by atoms with Crippen LogP contribution in [0, 0.1) is 0 Å². The standard InChI is InChI=1S/C24H21F3O/c25-24(26,27)22-11-5-17(6-12-22)16-28-23-13-9-19(10-14-23)21-8-7-18-3-1-2-4-20(18)15-21/h1-6,9-14,21H,7-8,15-16H2. The van der Waals surface area contributed by atoms with Crippen molar-refractivity contribution >= 4 is 0 Å². The quantitative estimate of drug-likeness (QED) is 0.497. The number of aryl methyl sites for hydroxylation is 1. The first kappa shape index (κ1) is 18.6. The highest BCUT2D eigenvalue weighted by Crippen LogP contribution is 2.33. The molecular weight excluding hydrogens is 361 g/mol. The lowest BCUT2D eigenvalue weighted by Crippen LogP contribution is -2.12. The summed E-state index contributed by atoms with van der Waals surface area (Å²) >= 11 is 0. The fourth-order valence-corrected chi connectivity index (χ4v) is 3.78. The molecular formula is C24H21F3O. The van der Waals surface area contributed by atoms with E-state index in [1.807, 2.05) is 12.1 Å². The number of ether oxygens (including phenoxy) is 1. The van der Waals surface area contributed by atoms with E-state index < -0.39 is 11.7 Å². The van der Waals surface area contributed by atoms with Crippen LogP contribution in [0.1, 0.15) is 40.2 Å². The molecule has 0 amide bonds. The molecule has 1 nitrogen and oxygen atoms in total. The summed E-state index contributed by atoms with van der Waals surface area (Å²) < 4.78 is 43.6. The van der Waals surface area contributed by atoms with Gasteiger partial charge in [-0.3, -0.25) is 0 Å². The summed E-state index contributed by atoms with van der Waals surface area (Å²) in [5.74, 6) is 1.23. The van der Waals surface area contributed by atoms with Crippen molar-refractivity contribution in [2.75, 3.05) is 0 Å². The molecule has 0 spiro atoms. The minimum atomic E-state index is -4.31. The lowest BCUT2D eigenvalue weighted by atomic mass is 9.80. The average molecular weight is 382 g/mol. The molecule has 0 bridgehead atoms. The van der Waals surface area contributed by atoms with E-state index in [0.29, 0.717) is 11.5 Å². The Morgan fingerprint density at radius 3 is 2.18 bits per heavy atom. The molecule has 0 fully saturated rings. The number of fused-ring (bicyclic) bond motifs is 1. The zero-order chi connectivity index (χ0) is 19.6. The Morgan fingerprint density at radius 1 is 0.821 bits per heavy atom. The highest BCUT2D eigenvalue weighted by atomic mass is 19.4. The van der Waals surface area contributed by atoms with Crippen LogP contribution in [0.3, 0.4) is 0 Å². The molecule has 0 heterocycles. The van der Waals surface area contributed by atoms with E-state index in [0.717, 1.165) is 37.1 Å². The van der Waals surface area contributed by atoms with Gasteiger partial charge in [0.25, 0.3) is 0 Å². The zero-order valence-electron chi connectivity index (χ0n) is 15.4. The Hall–Kier alpha value is -2.75. The molecule has 0 saturated carbocycles. The number of hydrogen-bond donors (Lipinski definition) is 0. The van der Waals surface area contributed by atoms with E-state index in [-0.39, 0.29) is 6.61 Å². The van der Waals surface area contributed by atoms with E-state index in [4.69, 9.17) is 4.74 Å². The van der Waals surface area contributed by atoms with Gasteiger partial charge in [-0.25, -0.2) is 0 Å². The Balaban J connectivity index is 1.36. The summed E-state index contributed by atoms with van der Waals surface area (Å²) in [6.07, 6.45) is -1.01. The number of hydrogen-bond acceptors (Lipinski definition) is 1. The van der Waals surface area contributed by atoms with Crippen LogP contribution in [-0.2, 0) is 25.6 Å². The van der Waals surface area contributed by atoms with Crippen LogP contribution in [0.4, 0.5) is 13.2 Å². The maximum atomic E-state index is 12.6. The summed E-state index contributed by atoms with van der Waals surface area (Å²) in [5, 5.41) is 0. The summed E-state index contributed by atoms with van der Waals surface area (Å²) in [5.41, 5.74) is 4.25. The fraction of sp³-hybridized carbons (Fsp3) is 0.250. The van der Waals surface area contributed by atoms with Gasteiger partial charge in [-0.1, -0.05) is 48.5 Å². The van der Waals surface area contributed by atoms with Crippen molar-refractivity contribution in [3.63, 3.8) is 0 Å². The SMILES string of the molecule is FC(F)(F)c1ccc(COc2ccc(C3CCc4ccccc4C3)cc2)cc1. The van der Waals surface area contributed by atoms with Crippen LogP contribution in [0.15, 0.2) is 72.8 Å². The molecule has 1 atom stereocenters. The molecule has 1 aliphatic rings. The molecule has 144 valence electrons. The van der Waals surface area contributed by atoms with Crippen molar-refractivity contribution in [3.05, 3.63) is 101 Å². The third kappa shape index (κ3) is 4.22. The highest BCUT2D eigenvalue weighted by Gasteiger charge is 2.29. The van der Waals surface area contributed by atoms with E-state index >= 15 is 0 Å². The van der Waals surface area contributed by atoms with Crippen LogP contribution in [-0.4, -0.2) is 0 Å². The monoisotopic (exact) mass is 382 g/mol. The van der Waals surface area contributed by atoms with Gasteiger partial charge in [0.1, 0.15) is 12.4 Å². The Morgan fingerprint density at radius 2 is 1.50 bits per heavy atom. The number of alkyl halides is 3. The van der Waals surface area contributed by atoms with Crippen molar-refractivity contribution < 1.29 is 17.9 Å². The Kier molecular flexibility index (Phi) is 5.12. The first-order chi connectivity index (χ1) is 13.5. The maximum absolute atomic E-state index is 12.6. The number of rotatable bonds is 4. The van der Waals surface area contributed by atoms with Gasteiger partial charge in [-0.15, -0.1) is 0 Å². The van der Waals surface area contributed by atoms with Gasteiger partial charge in [-0.2, -0.15) is 13.2 Å². The second-order valence-corrected chi connectivity index (χ2v) is 7.26. The van der Waals surface area contributed by atoms with Crippen LogP contribution < -0.4 is 4.74 Å². The highest BCUT2D eigenvalue weighted by molar-refractivity contribution is 5.36. The third-order valence-corrected chi connectivity index (χ3v) is 5.39. The van der Waals surface area contributed by atoms with Gasteiger partial charge >= 0.3 is 6.18 Å². The van der Waals surface area contributed by atoms with Crippen LogP contribution in [0.5, 0.6) is 5.75 Å². The van der Waals surface area contributed by atoms with Crippen LogP contribution in [0.2, 0.25) is 0 Å². The predicted octanol–water partition coefficient (Wildman–Crippen LogP) is 6.56. The molecule has 0 saturated heterocycles. The molecule has 0 radical (unpaired) electrons.